The van der Waals surface area contributed by atoms with E-state index >= 15 is 0 Å². The second-order valence-corrected chi connectivity index (χ2v) is 36.6. The minimum Gasteiger partial charge on any atom is -0.462 e. The summed E-state index contributed by atoms with van der Waals surface area (Å²) in [5.74, 6) is -1.22. The lowest BCUT2D eigenvalue weighted by Gasteiger charge is -2.21. The zero-order valence-corrected chi connectivity index (χ0v) is 75.6. The molecule has 0 aromatic heterocycles. The third-order valence-electron chi connectivity index (χ3n) is 22.4. The first-order valence-corrected chi connectivity index (χ1v) is 51.2. The number of ether oxygens (including phenoxy) is 4. The molecule has 112 heavy (non-hydrogen) atoms. The predicted molar refractivity (Wildman–Crippen MR) is 465 cm³/mol. The van der Waals surface area contributed by atoms with Crippen molar-refractivity contribution in [1.82, 2.24) is 0 Å². The Morgan fingerprint density at radius 3 is 0.634 bits per heavy atom. The summed E-state index contributed by atoms with van der Waals surface area (Å²) in [5, 5.41) is 10.7. The fraction of sp³-hybridized carbons (Fsp3) is 0.957. The minimum absolute atomic E-state index is 0.109. The van der Waals surface area contributed by atoms with Crippen LogP contribution in [0.25, 0.3) is 0 Å². The van der Waals surface area contributed by atoms with Crippen LogP contribution in [0.4, 0.5) is 0 Å². The summed E-state index contributed by atoms with van der Waals surface area (Å²) < 4.78 is 69.0. The Bertz CT molecular complexity index is 2120. The molecule has 0 amide bonds. The topological polar surface area (TPSA) is 237 Å². The van der Waals surface area contributed by atoms with Crippen LogP contribution in [0.15, 0.2) is 0 Å². The predicted octanol–water partition coefficient (Wildman–Crippen LogP) is 29.1. The number of rotatable bonds is 93. The van der Waals surface area contributed by atoms with Crippen molar-refractivity contribution in [2.24, 2.45) is 5.92 Å². The number of phosphoric acid groups is 2. The molecule has 0 aromatic rings. The quantitative estimate of drug-likeness (QED) is 0.0222. The van der Waals surface area contributed by atoms with Gasteiger partial charge in [-0.1, -0.05) is 458 Å². The number of carbonyl (C=O) groups excluding carboxylic acids is 4. The molecule has 6 atom stereocenters. The molecule has 0 aromatic carbocycles. The first-order chi connectivity index (χ1) is 54.6. The number of aliphatic hydroxyl groups is 1. The van der Waals surface area contributed by atoms with Gasteiger partial charge < -0.3 is 33.8 Å². The van der Waals surface area contributed by atoms with Crippen LogP contribution >= 0.6 is 15.6 Å². The molecule has 0 aliphatic carbocycles. The molecule has 0 radical (unpaired) electrons. The molecule has 17 nitrogen and oxygen atoms in total. The van der Waals surface area contributed by atoms with Crippen LogP contribution in [0.5, 0.6) is 0 Å². The molecule has 0 saturated carbocycles. The Hall–Kier alpha value is -1.94. The summed E-state index contributed by atoms with van der Waals surface area (Å²) >= 11 is 0. The molecular weight excluding hydrogens is 1450 g/mol. The van der Waals surface area contributed by atoms with Gasteiger partial charge in [0.15, 0.2) is 12.2 Å². The smallest absolute Gasteiger partial charge is 0.462 e. The first-order valence-electron chi connectivity index (χ1n) is 48.2. The molecule has 0 heterocycles. The van der Waals surface area contributed by atoms with Crippen LogP contribution in [0.1, 0.15) is 510 Å². The van der Waals surface area contributed by atoms with Crippen molar-refractivity contribution in [3.05, 3.63) is 0 Å². The van der Waals surface area contributed by atoms with E-state index < -0.39 is 97.5 Å². The van der Waals surface area contributed by atoms with Crippen LogP contribution in [-0.4, -0.2) is 96.7 Å². The van der Waals surface area contributed by atoms with E-state index in [2.05, 4.69) is 34.6 Å². The second-order valence-electron chi connectivity index (χ2n) is 33.6. The van der Waals surface area contributed by atoms with Crippen molar-refractivity contribution >= 4 is 39.5 Å². The third-order valence-corrected chi connectivity index (χ3v) is 24.3. The van der Waals surface area contributed by atoms with Gasteiger partial charge in [0.1, 0.15) is 19.3 Å². The number of aliphatic hydroxyl groups excluding tert-OH is 1. The van der Waals surface area contributed by atoms with E-state index in [4.69, 9.17) is 37.0 Å². The minimum atomic E-state index is -4.97. The van der Waals surface area contributed by atoms with Gasteiger partial charge in [0, 0.05) is 25.7 Å². The maximum Gasteiger partial charge on any atom is 0.472 e. The highest BCUT2D eigenvalue weighted by atomic mass is 31.2. The Labute approximate surface area is 689 Å². The Kier molecular flexibility index (Phi) is 84.0. The van der Waals surface area contributed by atoms with Gasteiger partial charge in [-0.3, -0.25) is 37.3 Å². The Morgan fingerprint density at radius 1 is 0.250 bits per heavy atom. The third kappa shape index (κ3) is 84.5. The van der Waals surface area contributed by atoms with E-state index in [1.54, 1.807) is 0 Å². The Morgan fingerprint density at radius 2 is 0.429 bits per heavy atom. The number of carbonyl (C=O) groups is 4. The molecule has 3 unspecified atom stereocenters. The number of esters is 4. The van der Waals surface area contributed by atoms with E-state index in [1.807, 2.05) is 0 Å². The van der Waals surface area contributed by atoms with Crippen LogP contribution < -0.4 is 0 Å². The Balaban J connectivity index is 5.16. The van der Waals surface area contributed by atoms with Crippen molar-refractivity contribution in [3.8, 4) is 0 Å². The van der Waals surface area contributed by atoms with Crippen LogP contribution in [0, 0.1) is 5.92 Å². The number of hydrogen-bond acceptors (Lipinski definition) is 15. The molecule has 3 N–H and O–H groups in total. The van der Waals surface area contributed by atoms with Gasteiger partial charge in [0.05, 0.1) is 26.4 Å². The number of phosphoric ester groups is 2. The molecule has 0 spiro atoms. The van der Waals surface area contributed by atoms with E-state index in [9.17, 15) is 43.2 Å². The second kappa shape index (κ2) is 85.5. The molecule has 0 fully saturated rings. The first kappa shape index (κ1) is 110. The van der Waals surface area contributed by atoms with Crippen LogP contribution in [0.3, 0.4) is 0 Å². The van der Waals surface area contributed by atoms with Gasteiger partial charge in [-0.25, -0.2) is 9.13 Å². The SMILES string of the molecule is CCCCCCCCCCCCCCCCCCCCCCCCC(=O)OC[C@H](COP(=O)(O)OC[C@@H](O)COP(=O)(O)OC[C@@H](COC(=O)CCCCCCCCCC)OC(=O)CCCCCCCCCCCCCCCCCCCCCC)OC(=O)CCCCCCCCCCCCCCCCCCCCC(C)CC. The fourth-order valence-corrected chi connectivity index (χ4v) is 16.3. The van der Waals surface area contributed by atoms with E-state index in [0.29, 0.717) is 25.7 Å². The van der Waals surface area contributed by atoms with E-state index in [-0.39, 0.29) is 25.7 Å². The maximum absolute atomic E-state index is 13.2. The van der Waals surface area contributed by atoms with E-state index in [0.717, 1.165) is 95.8 Å². The van der Waals surface area contributed by atoms with Crippen molar-refractivity contribution in [3.63, 3.8) is 0 Å². The zero-order valence-electron chi connectivity index (χ0n) is 73.8. The van der Waals surface area contributed by atoms with Crippen molar-refractivity contribution in [1.29, 1.82) is 0 Å². The average molecular weight is 1630 g/mol. The molecule has 0 bridgehead atoms. The maximum atomic E-state index is 13.2. The zero-order chi connectivity index (χ0) is 81.8. The highest BCUT2D eigenvalue weighted by Crippen LogP contribution is 2.45. The van der Waals surface area contributed by atoms with Gasteiger partial charge in [-0.2, -0.15) is 0 Å². The van der Waals surface area contributed by atoms with Crippen molar-refractivity contribution in [2.75, 3.05) is 39.6 Å². The van der Waals surface area contributed by atoms with E-state index in [1.165, 1.54) is 334 Å². The molecular formula is C93H182O17P2. The van der Waals surface area contributed by atoms with Gasteiger partial charge in [-0.15, -0.1) is 0 Å². The molecule has 0 aliphatic rings. The van der Waals surface area contributed by atoms with Crippen molar-refractivity contribution < 1.29 is 80.2 Å². The standard InChI is InChI=1S/C93H182O17P2/c1-6-10-13-16-19-22-24-26-28-30-32-34-35-37-41-45-49-53-57-62-67-72-77-91(96)104-83-89(110-93(98)79-74-69-64-59-55-51-47-43-39-38-40-44-48-52-56-60-65-70-75-86(5)9-4)85-108-112(101,102)106-81-87(94)80-105-111(99,100)107-84-88(82-103-90(95)76-71-66-61-21-18-15-12-8-3)109-92(97)78-73-68-63-58-54-50-46-42-36-33-31-29-27-25-23-20-17-14-11-7-2/h86-89,94H,6-85H2,1-5H3,(H,99,100)(H,101,102)/t86?,87-,88+,89+/m0/s1. The van der Waals surface area contributed by atoms with Gasteiger partial charge >= 0.3 is 39.5 Å². The summed E-state index contributed by atoms with van der Waals surface area (Å²) in [6.45, 7) is 7.44. The largest absolute Gasteiger partial charge is 0.472 e. The lowest BCUT2D eigenvalue weighted by atomic mass is 9.99. The van der Waals surface area contributed by atoms with Gasteiger partial charge in [-0.05, 0) is 31.6 Å². The summed E-state index contributed by atoms with van der Waals surface area (Å²) in [5.41, 5.74) is 0. The summed E-state index contributed by atoms with van der Waals surface area (Å²) in [4.78, 5) is 73.3. The lowest BCUT2D eigenvalue weighted by molar-refractivity contribution is -0.161. The molecule has 19 heteroatoms. The fourth-order valence-electron chi connectivity index (χ4n) is 14.7. The number of hydrogen-bond donors (Lipinski definition) is 3. The highest BCUT2D eigenvalue weighted by Gasteiger charge is 2.31. The average Bonchev–Trinajstić information content (AvgIpc) is 0.900. The monoisotopic (exact) mass is 1630 g/mol. The highest BCUT2D eigenvalue weighted by molar-refractivity contribution is 7.47. The summed E-state index contributed by atoms with van der Waals surface area (Å²) in [6, 6.07) is 0. The normalized spacial score (nSPS) is 13.9. The summed E-state index contributed by atoms with van der Waals surface area (Å²) in [7, 11) is -9.93. The van der Waals surface area contributed by atoms with Gasteiger partial charge in [0.25, 0.3) is 0 Å². The summed E-state index contributed by atoms with van der Waals surface area (Å²) in [6.07, 6.45) is 82.3. The van der Waals surface area contributed by atoms with Gasteiger partial charge in [0.2, 0.25) is 0 Å². The molecule has 0 saturated heterocycles. The molecule has 0 aliphatic heterocycles. The number of unbranched alkanes of at least 4 members (excludes halogenated alkanes) is 64. The lowest BCUT2D eigenvalue weighted by Crippen LogP contribution is -2.30. The van der Waals surface area contributed by atoms with Crippen LogP contribution in [-0.2, 0) is 65.4 Å². The van der Waals surface area contributed by atoms with Crippen LogP contribution in [0.2, 0.25) is 0 Å². The van der Waals surface area contributed by atoms with Crippen molar-refractivity contribution in [2.45, 2.75) is 528 Å². The molecule has 0 rings (SSSR count). The molecule has 666 valence electrons.